The highest BCUT2D eigenvalue weighted by Gasteiger charge is 2.42. The molecule has 1 aliphatic heterocycles. The molecule has 0 aromatic carbocycles. The fourth-order valence-corrected chi connectivity index (χ4v) is 2.30. The van der Waals surface area contributed by atoms with Crippen LogP contribution in [0.4, 0.5) is 0 Å². The predicted molar refractivity (Wildman–Crippen MR) is 72.0 cm³/mol. The van der Waals surface area contributed by atoms with Crippen molar-refractivity contribution >= 4 is 0 Å². The number of unbranched alkanes of at least 4 members (excludes halogenated alkanes) is 5. The summed E-state index contributed by atoms with van der Waals surface area (Å²) in [6.07, 6.45) is 4.02. The number of hydrogen-bond donors (Lipinski definition) is 3. The molecule has 0 spiro atoms. The molecule has 1 fully saturated rings. The van der Waals surface area contributed by atoms with E-state index in [1.54, 1.807) is 0 Å². The lowest BCUT2D eigenvalue weighted by Gasteiger charge is -2.14. The molecular weight excluding hydrogens is 248 g/mol. The van der Waals surface area contributed by atoms with Gasteiger partial charge in [-0.05, 0) is 6.42 Å². The van der Waals surface area contributed by atoms with Crippen molar-refractivity contribution in [1.82, 2.24) is 0 Å². The molecule has 4 atom stereocenters. The Bertz CT molecular complexity index is 224. The number of aliphatic hydroxyl groups excluding tert-OH is 3. The number of rotatable bonds is 10. The molecule has 0 bridgehead atoms. The largest absolute Gasteiger partial charge is 0.394 e. The average Bonchev–Trinajstić information content (AvgIpc) is 2.69. The normalized spacial score (nSPS) is 30.9. The first-order chi connectivity index (χ1) is 9.20. The van der Waals surface area contributed by atoms with Gasteiger partial charge in [0.05, 0.1) is 13.2 Å². The molecule has 1 saturated heterocycles. The third kappa shape index (κ3) is 5.75. The van der Waals surface area contributed by atoms with Gasteiger partial charge < -0.3 is 24.8 Å². The molecule has 0 amide bonds. The van der Waals surface area contributed by atoms with Crippen molar-refractivity contribution in [2.75, 3.05) is 19.8 Å². The second-order valence-corrected chi connectivity index (χ2v) is 5.22. The molecule has 3 N–H and O–H groups in total. The Hall–Kier alpha value is -0.200. The van der Waals surface area contributed by atoms with E-state index in [4.69, 9.17) is 14.6 Å². The van der Waals surface area contributed by atoms with Gasteiger partial charge in [-0.25, -0.2) is 0 Å². The molecular formula is C14H28O5. The van der Waals surface area contributed by atoms with E-state index in [9.17, 15) is 10.2 Å². The van der Waals surface area contributed by atoms with Crippen LogP contribution in [0.3, 0.4) is 0 Å². The second kappa shape index (κ2) is 9.66. The molecule has 5 heteroatoms. The van der Waals surface area contributed by atoms with Gasteiger partial charge in [0, 0.05) is 6.61 Å². The van der Waals surface area contributed by atoms with E-state index in [2.05, 4.69) is 6.92 Å². The van der Waals surface area contributed by atoms with Gasteiger partial charge in [0.15, 0.2) is 0 Å². The Morgan fingerprint density at radius 1 is 0.947 bits per heavy atom. The van der Waals surface area contributed by atoms with Crippen LogP contribution in [-0.2, 0) is 9.47 Å². The van der Waals surface area contributed by atoms with E-state index in [0.717, 1.165) is 12.8 Å². The molecule has 0 radical (unpaired) electrons. The first-order valence-corrected chi connectivity index (χ1v) is 7.40. The zero-order valence-corrected chi connectivity index (χ0v) is 11.8. The lowest BCUT2D eigenvalue weighted by molar-refractivity contribution is -0.0561. The fraction of sp³-hybridized carbons (Fsp3) is 1.00. The standard InChI is InChI=1S/C14H28O5/c1-2-3-4-5-6-7-8-18-10-12-14(17)13(16)11(9-15)19-12/h11-17H,2-10H2,1H3. The zero-order valence-electron chi connectivity index (χ0n) is 11.8. The van der Waals surface area contributed by atoms with Crippen LogP contribution in [-0.4, -0.2) is 59.6 Å². The van der Waals surface area contributed by atoms with Crippen LogP contribution in [0, 0.1) is 0 Å². The van der Waals surface area contributed by atoms with Gasteiger partial charge in [0.1, 0.15) is 24.4 Å². The average molecular weight is 276 g/mol. The molecule has 1 heterocycles. The van der Waals surface area contributed by atoms with Gasteiger partial charge in [-0.2, -0.15) is 0 Å². The molecule has 0 aliphatic carbocycles. The van der Waals surface area contributed by atoms with Crippen LogP contribution in [0.5, 0.6) is 0 Å². The molecule has 0 saturated carbocycles. The summed E-state index contributed by atoms with van der Waals surface area (Å²) in [6.45, 7) is 2.83. The highest BCUT2D eigenvalue weighted by atomic mass is 16.6. The van der Waals surface area contributed by atoms with Gasteiger partial charge in [0.25, 0.3) is 0 Å². The molecule has 0 aromatic rings. The summed E-state index contributed by atoms with van der Waals surface area (Å²) >= 11 is 0. The molecule has 0 aromatic heterocycles. The molecule has 5 nitrogen and oxygen atoms in total. The maximum Gasteiger partial charge on any atom is 0.111 e. The van der Waals surface area contributed by atoms with Crippen molar-refractivity contribution in [2.45, 2.75) is 69.9 Å². The van der Waals surface area contributed by atoms with Crippen LogP contribution in [0.25, 0.3) is 0 Å². The maximum atomic E-state index is 9.69. The highest BCUT2D eigenvalue weighted by molar-refractivity contribution is 4.90. The fourth-order valence-electron chi connectivity index (χ4n) is 2.30. The smallest absolute Gasteiger partial charge is 0.111 e. The van der Waals surface area contributed by atoms with Crippen molar-refractivity contribution in [2.24, 2.45) is 0 Å². The predicted octanol–water partition coefficient (Wildman–Crippen LogP) is 0.845. The highest BCUT2D eigenvalue weighted by Crippen LogP contribution is 2.21. The quantitative estimate of drug-likeness (QED) is 0.515. The summed E-state index contributed by atoms with van der Waals surface area (Å²) in [5, 5.41) is 28.2. The van der Waals surface area contributed by atoms with E-state index in [0.29, 0.717) is 6.61 Å². The minimum absolute atomic E-state index is 0.268. The molecule has 1 aliphatic rings. The summed E-state index contributed by atoms with van der Waals surface area (Å²) in [4.78, 5) is 0. The van der Waals surface area contributed by atoms with E-state index in [1.165, 1.54) is 25.7 Å². The van der Waals surface area contributed by atoms with Gasteiger partial charge in [0.2, 0.25) is 0 Å². The van der Waals surface area contributed by atoms with Crippen LogP contribution in [0.1, 0.15) is 45.4 Å². The lowest BCUT2D eigenvalue weighted by Crippen LogP contribution is -2.35. The lowest BCUT2D eigenvalue weighted by atomic mass is 10.1. The van der Waals surface area contributed by atoms with Crippen molar-refractivity contribution in [3.8, 4) is 0 Å². The second-order valence-electron chi connectivity index (χ2n) is 5.22. The number of ether oxygens (including phenoxy) is 2. The zero-order chi connectivity index (χ0) is 14.1. The molecule has 1 rings (SSSR count). The summed E-state index contributed by atoms with van der Waals surface area (Å²) in [5.74, 6) is 0. The van der Waals surface area contributed by atoms with Gasteiger partial charge in [-0.15, -0.1) is 0 Å². The monoisotopic (exact) mass is 276 g/mol. The van der Waals surface area contributed by atoms with Crippen molar-refractivity contribution in [3.05, 3.63) is 0 Å². The number of aliphatic hydroxyl groups is 3. The molecule has 19 heavy (non-hydrogen) atoms. The van der Waals surface area contributed by atoms with Crippen molar-refractivity contribution in [1.29, 1.82) is 0 Å². The summed E-state index contributed by atoms with van der Waals surface area (Å²) in [5.41, 5.74) is 0. The molecule has 114 valence electrons. The molecule has 4 unspecified atom stereocenters. The summed E-state index contributed by atoms with van der Waals surface area (Å²) in [6, 6.07) is 0. The van der Waals surface area contributed by atoms with Gasteiger partial charge >= 0.3 is 0 Å². The van der Waals surface area contributed by atoms with Crippen LogP contribution >= 0.6 is 0 Å². The topological polar surface area (TPSA) is 79.2 Å². The van der Waals surface area contributed by atoms with Crippen LogP contribution in [0.15, 0.2) is 0 Å². The van der Waals surface area contributed by atoms with Crippen LogP contribution < -0.4 is 0 Å². The van der Waals surface area contributed by atoms with Crippen molar-refractivity contribution < 1.29 is 24.8 Å². The Balaban J connectivity index is 2.01. The maximum absolute atomic E-state index is 9.69. The SMILES string of the molecule is CCCCCCCCOCC1OC(CO)C(O)C1O. The Morgan fingerprint density at radius 2 is 1.58 bits per heavy atom. The van der Waals surface area contributed by atoms with Gasteiger partial charge in [-0.1, -0.05) is 39.0 Å². The van der Waals surface area contributed by atoms with Gasteiger partial charge in [-0.3, -0.25) is 0 Å². The summed E-state index contributed by atoms with van der Waals surface area (Å²) < 4.78 is 10.8. The first kappa shape index (κ1) is 16.9. The number of hydrogen-bond acceptors (Lipinski definition) is 5. The third-order valence-electron chi connectivity index (χ3n) is 3.57. The van der Waals surface area contributed by atoms with Crippen LogP contribution in [0.2, 0.25) is 0 Å². The van der Waals surface area contributed by atoms with E-state index in [-0.39, 0.29) is 13.2 Å². The Morgan fingerprint density at radius 3 is 2.21 bits per heavy atom. The summed E-state index contributed by atoms with van der Waals surface area (Å²) in [7, 11) is 0. The van der Waals surface area contributed by atoms with Crippen molar-refractivity contribution in [3.63, 3.8) is 0 Å². The third-order valence-corrected chi connectivity index (χ3v) is 3.57. The minimum atomic E-state index is -1.02. The van der Waals surface area contributed by atoms with E-state index >= 15 is 0 Å². The Kier molecular flexibility index (Phi) is 8.57. The van der Waals surface area contributed by atoms with E-state index < -0.39 is 24.4 Å². The minimum Gasteiger partial charge on any atom is -0.394 e. The first-order valence-electron chi connectivity index (χ1n) is 7.40. The Labute approximate surface area is 115 Å². The van der Waals surface area contributed by atoms with E-state index in [1.807, 2.05) is 0 Å².